The van der Waals surface area contributed by atoms with E-state index in [1.54, 1.807) is 20.8 Å². The summed E-state index contributed by atoms with van der Waals surface area (Å²) in [6.45, 7) is 5.00. The number of aliphatic carboxylic acids is 1. The molecular formula is C9H14N4O3. The maximum absolute atomic E-state index is 11.5. The van der Waals surface area contributed by atoms with Crippen LogP contribution in [0.3, 0.4) is 0 Å². The lowest BCUT2D eigenvalue weighted by molar-refractivity contribution is -0.137. The summed E-state index contributed by atoms with van der Waals surface area (Å²) >= 11 is 0. The van der Waals surface area contributed by atoms with Gasteiger partial charge in [0.2, 0.25) is 11.9 Å². The van der Waals surface area contributed by atoms with Crippen LogP contribution in [0.25, 0.3) is 0 Å². The molecule has 0 bridgehead atoms. The average Bonchev–Trinajstić information content (AvgIpc) is 2.49. The van der Waals surface area contributed by atoms with Crippen LogP contribution in [0.4, 0.5) is 5.95 Å². The largest absolute Gasteiger partial charge is 0.480 e. The standard InChI is InChI=1S/C9H14N4O3/c1-9(2,3)7(16)11-8-10-5-13(12-8)4-6(14)15/h5H,4H2,1-3H3,(H,14,15)(H,11,12,16). The molecule has 1 rings (SSSR count). The monoisotopic (exact) mass is 226 g/mol. The first-order valence-electron chi connectivity index (χ1n) is 4.72. The number of anilines is 1. The topological polar surface area (TPSA) is 97.1 Å². The Labute approximate surface area is 92.5 Å². The number of carboxylic acids is 1. The summed E-state index contributed by atoms with van der Waals surface area (Å²) in [5, 5.41) is 14.8. The van der Waals surface area contributed by atoms with Crippen molar-refractivity contribution in [2.45, 2.75) is 27.3 Å². The normalized spacial score (nSPS) is 11.2. The van der Waals surface area contributed by atoms with E-state index in [4.69, 9.17) is 5.11 Å². The number of nitrogens with one attached hydrogen (secondary N) is 1. The molecule has 0 saturated carbocycles. The second-order valence-electron chi connectivity index (χ2n) is 4.36. The Hall–Kier alpha value is -1.92. The van der Waals surface area contributed by atoms with Crippen molar-refractivity contribution >= 4 is 17.8 Å². The molecule has 88 valence electrons. The van der Waals surface area contributed by atoms with Crippen molar-refractivity contribution in [1.29, 1.82) is 0 Å². The Morgan fingerprint density at radius 3 is 2.62 bits per heavy atom. The fraction of sp³-hybridized carbons (Fsp3) is 0.556. The van der Waals surface area contributed by atoms with Crippen LogP contribution in [0.5, 0.6) is 0 Å². The Morgan fingerprint density at radius 2 is 2.12 bits per heavy atom. The van der Waals surface area contributed by atoms with Gasteiger partial charge in [0.15, 0.2) is 0 Å². The lowest BCUT2D eigenvalue weighted by Gasteiger charge is -2.15. The quantitative estimate of drug-likeness (QED) is 0.774. The SMILES string of the molecule is CC(C)(C)C(=O)Nc1ncn(CC(=O)O)n1. The molecule has 0 aliphatic carbocycles. The van der Waals surface area contributed by atoms with Crippen LogP contribution >= 0.6 is 0 Å². The summed E-state index contributed by atoms with van der Waals surface area (Å²) in [5.74, 6) is -1.12. The minimum atomic E-state index is -1.02. The highest BCUT2D eigenvalue weighted by atomic mass is 16.4. The van der Waals surface area contributed by atoms with E-state index in [9.17, 15) is 9.59 Å². The van der Waals surface area contributed by atoms with E-state index in [1.165, 1.54) is 6.33 Å². The molecule has 7 heteroatoms. The van der Waals surface area contributed by atoms with Gasteiger partial charge in [-0.2, -0.15) is 0 Å². The fourth-order valence-corrected chi connectivity index (χ4v) is 0.856. The third kappa shape index (κ3) is 3.34. The van der Waals surface area contributed by atoms with Crippen molar-refractivity contribution in [3.63, 3.8) is 0 Å². The van der Waals surface area contributed by atoms with Gasteiger partial charge in [0, 0.05) is 5.41 Å². The third-order valence-electron chi connectivity index (χ3n) is 1.74. The summed E-state index contributed by atoms with van der Waals surface area (Å²) in [6.07, 6.45) is 1.26. The van der Waals surface area contributed by atoms with E-state index in [0.29, 0.717) is 0 Å². The van der Waals surface area contributed by atoms with Gasteiger partial charge in [-0.05, 0) is 0 Å². The highest BCUT2D eigenvalue weighted by molar-refractivity contribution is 5.92. The van der Waals surface area contributed by atoms with Gasteiger partial charge in [0.25, 0.3) is 0 Å². The molecule has 7 nitrogen and oxygen atoms in total. The summed E-state index contributed by atoms with van der Waals surface area (Å²) < 4.78 is 1.14. The number of hydrogen-bond donors (Lipinski definition) is 2. The molecule has 0 unspecified atom stereocenters. The van der Waals surface area contributed by atoms with E-state index in [1.807, 2.05) is 0 Å². The number of aromatic nitrogens is 3. The predicted octanol–water partition coefficient (Wildman–Crippen LogP) is 0.347. The predicted molar refractivity (Wildman–Crippen MR) is 55.7 cm³/mol. The molecule has 1 amide bonds. The fourth-order valence-electron chi connectivity index (χ4n) is 0.856. The van der Waals surface area contributed by atoms with E-state index in [-0.39, 0.29) is 18.4 Å². The van der Waals surface area contributed by atoms with Crippen LogP contribution in [0, 0.1) is 5.41 Å². The second-order valence-corrected chi connectivity index (χ2v) is 4.36. The molecule has 1 aromatic heterocycles. The first-order valence-corrected chi connectivity index (χ1v) is 4.72. The summed E-state index contributed by atoms with van der Waals surface area (Å²) in [6, 6.07) is 0. The zero-order valence-corrected chi connectivity index (χ0v) is 9.39. The van der Waals surface area contributed by atoms with Crippen LogP contribution in [-0.4, -0.2) is 31.7 Å². The minimum absolute atomic E-state index is 0.112. The van der Waals surface area contributed by atoms with E-state index in [2.05, 4.69) is 15.4 Å². The number of carbonyl (C=O) groups excluding carboxylic acids is 1. The van der Waals surface area contributed by atoms with Crippen LogP contribution in [0.1, 0.15) is 20.8 Å². The highest BCUT2D eigenvalue weighted by Gasteiger charge is 2.22. The van der Waals surface area contributed by atoms with Gasteiger partial charge >= 0.3 is 5.97 Å². The number of hydrogen-bond acceptors (Lipinski definition) is 4. The molecule has 1 aromatic rings. The maximum Gasteiger partial charge on any atom is 0.325 e. The zero-order valence-electron chi connectivity index (χ0n) is 9.39. The molecule has 0 radical (unpaired) electrons. The number of carboxylic acid groups (broad SMARTS) is 1. The first-order chi connectivity index (χ1) is 7.29. The lowest BCUT2D eigenvalue weighted by atomic mass is 9.96. The zero-order chi connectivity index (χ0) is 12.3. The summed E-state index contributed by atoms with van der Waals surface area (Å²) in [5.41, 5.74) is -0.543. The number of nitrogens with zero attached hydrogens (tertiary/aromatic N) is 3. The van der Waals surface area contributed by atoms with Gasteiger partial charge in [-0.3, -0.25) is 14.9 Å². The minimum Gasteiger partial charge on any atom is -0.480 e. The summed E-state index contributed by atoms with van der Waals surface area (Å²) in [4.78, 5) is 25.7. The molecule has 0 fully saturated rings. The van der Waals surface area contributed by atoms with Crippen molar-refractivity contribution in [2.24, 2.45) is 5.41 Å². The highest BCUT2D eigenvalue weighted by Crippen LogP contribution is 2.14. The van der Waals surface area contributed by atoms with Crippen molar-refractivity contribution in [3.8, 4) is 0 Å². The van der Waals surface area contributed by atoms with Crippen molar-refractivity contribution < 1.29 is 14.7 Å². The Bertz CT molecular complexity index is 405. The van der Waals surface area contributed by atoms with Gasteiger partial charge in [-0.15, -0.1) is 5.10 Å². The molecule has 16 heavy (non-hydrogen) atoms. The van der Waals surface area contributed by atoms with E-state index in [0.717, 1.165) is 4.68 Å². The van der Waals surface area contributed by atoms with Gasteiger partial charge in [0.05, 0.1) is 0 Å². The summed E-state index contributed by atoms with van der Waals surface area (Å²) in [7, 11) is 0. The second kappa shape index (κ2) is 4.30. The molecule has 0 atom stereocenters. The number of carbonyl (C=O) groups is 2. The molecule has 2 N–H and O–H groups in total. The maximum atomic E-state index is 11.5. The van der Waals surface area contributed by atoms with E-state index < -0.39 is 11.4 Å². The van der Waals surface area contributed by atoms with Crippen LogP contribution in [0.2, 0.25) is 0 Å². The Morgan fingerprint density at radius 1 is 1.50 bits per heavy atom. The Kier molecular flexibility index (Phi) is 3.26. The molecule has 0 aliphatic rings. The molecule has 0 spiro atoms. The molecule has 0 aliphatic heterocycles. The van der Waals surface area contributed by atoms with Gasteiger partial charge < -0.3 is 5.11 Å². The first kappa shape index (κ1) is 12.2. The van der Waals surface area contributed by atoms with E-state index >= 15 is 0 Å². The average molecular weight is 226 g/mol. The molecule has 0 saturated heterocycles. The van der Waals surface area contributed by atoms with Crippen molar-refractivity contribution in [1.82, 2.24) is 14.8 Å². The third-order valence-corrected chi connectivity index (χ3v) is 1.74. The van der Waals surface area contributed by atoms with Crippen LogP contribution in [-0.2, 0) is 16.1 Å². The smallest absolute Gasteiger partial charge is 0.325 e. The van der Waals surface area contributed by atoms with Gasteiger partial charge in [-0.25, -0.2) is 9.67 Å². The van der Waals surface area contributed by atoms with Crippen LogP contribution in [0.15, 0.2) is 6.33 Å². The molecule has 1 heterocycles. The van der Waals surface area contributed by atoms with Crippen molar-refractivity contribution in [2.75, 3.05) is 5.32 Å². The number of amides is 1. The Balaban J connectivity index is 2.66. The molecule has 0 aromatic carbocycles. The number of rotatable bonds is 3. The molecular weight excluding hydrogens is 212 g/mol. The van der Waals surface area contributed by atoms with Gasteiger partial charge in [-0.1, -0.05) is 20.8 Å². The van der Waals surface area contributed by atoms with Crippen LogP contribution < -0.4 is 5.32 Å². The van der Waals surface area contributed by atoms with Crippen molar-refractivity contribution in [3.05, 3.63) is 6.33 Å². The lowest BCUT2D eigenvalue weighted by Crippen LogP contribution is -2.28. The van der Waals surface area contributed by atoms with Gasteiger partial charge in [0.1, 0.15) is 12.9 Å².